The van der Waals surface area contributed by atoms with E-state index in [2.05, 4.69) is 15.6 Å². The highest BCUT2D eigenvalue weighted by atomic mass is 32.1. The molecule has 150 valence electrons. The summed E-state index contributed by atoms with van der Waals surface area (Å²) in [5, 5.41) is 16.4. The Balaban J connectivity index is 1.46. The quantitative estimate of drug-likeness (QED) is 0.634. The number of thiazole rings is 1. The van der Waals surface area contributed by atoms with Gasteiger partial charge in [0.05, 0.1) is 18.2 Å². The topological polar surface area (TPSA) is 112 Å². The van der Waals surface area contributed by atoms with Gasteiger partial charge in [-0.1, -0.05) is 0 Å². The predicted octanol–water partition coefficient (Wildman–Crippen LogP) is 2.36. The Morgan fingerprint density at radius 2 is 2.07 bits per heavy atom. The number of hydrogen-bond acceptors (Lipinski definition) is 6. The summed E-state index contributed by atoms with van der Waals surface area (Å²) >= 11 is 3.03. The highest BCUT2D eigenvalue weighted by Crippen LogP contribution is 2.22. The second kappa shape index (κ2) is 9.16. The monoisotopic (exact) mass is 422 g/mol. The first kappa shape index (κ1) is 20.3. The third-order valence-corrected chi connectivity index (χ3v) is 6.33. The summed E-state index contributed by atoms with van der Waals surface area (Å²) in [6.07, 6.45) is 1.55. The van der Waals surface area contributed by atoms with E-state index in [9.17, 15) is 14.4 Å². The fourth-order valence-electron chi connectivity index (χ4n) is 3.07. The molecule has 3 amide bonds. The van der Waals surface area contributed by atoms with Crippen LogP contribution in [-0.4, -0.2) is 52.0 Å². The molecule has 8 nitrogen and oxygen atoms in total. The predicted molar refractivity (Wildman–Crippen MR) is 108 cm³/mol. The van der Waals surface area contributed by atoms with Crippen molar-refractivity contribution in [1.29, 1.82) is 0 Å². The fraction of sp³-hybridized carbons (Fsp3) is 0.444. The summed E-state index contributed by atoms with van der Waals surface area (Å²) < 4.78 is 0. The Kier molecular flexibility index (Phi) is 6.63. The molecule has 0 spiro atoms. The Hall–Kier alpha value is -2.46. The van der Waals surface area contributed by atoms with E-state index in [1.165, 1.54) is 23.1 Å². The van der Waals surface area contributed by atoms with Gasteiger partial charge in [-0.2, -0.15) is 0 Å². The van der Waals surface area contributed by atoms with Crippen molar-refractivity contribution >= 4 is 45.7 Å². The molecule has 3 N–H and O–H groups in total. The summed E-state index contributed by atoms with van der Waals surface area (Å²) in [5.41, 5.74) is 0.939. The summed E-state index contributed by atoms with van der Waals surface area (Å²) in [6, 6.07) is 3.83. The van der Waals surface area contributed by atoms with Crippen molar-refractivity contribution in [3.05, 3.63) is 33.0 Å². The van der Waals surface area contributed by atoms with E-state index in [-0.39, 0.29) is 17.9 Å². The smallest absolute Gasteiger partial charge is 0.404 e. The zero-order chi connectivity index (χ0) is 20.1. The van der Waals surface area contributed by atoms with Crippen LogP contribution in [0, 0.1) is 0 Å². The van der Waals surface area contributed by atoms with Gasteiger partial charge in [0.1, 0.15) is 0 Å². The molecular formula is C18H22N4O4S2. The van der Waals surface area contributed by atoms with Gasteiger partial charge >= 0.3 is 6.09 Å². The minimum Gasteiger partial charge on any atom is -0.465 e. The van der Waals surface area contributed by atoms with E-state index in [1.54, 1.807) is 16.2 Å². The Morgan fingerprint density at radius 1 is 1.29 bits per heavy atom. The summed E-state index contributed by atoms with van der Waals surface area (Å²) in [5.74, 6) is -0.0981. The van der Waals surface area contributed by atoms with Crippen molar-refractivity contribution in [3.8, 4) is 0 Å². The second-order valence-electron chi connectivity index (χ2n) is 6.64. The van der Waals surface area contributed by atoms with E-state index >= 15 is 0 Å². The van der Waals surface area contributed by atoms with Gasteiger partial charge in [-0.25, -0.2) is 9.78 Å². The molecule has 3 rings (SSSR count). The molecule has 2 aromatic rings. The van der Waals surface area contributed by atoms with Crippen LogP contribution >= 0.6 is 22.7 Å². The van der Waals surface area contributed by atoms with Crippen LogP contribution in [-0.2, 0) is 28.9 Å². The molecule has 0 radical (unpaired) electrons. The number of aromatic nitrogens is 1. The lowest BCUT2D eigenvalue weighted by molar-refractivity contribution is -0.129. The molecule has 3 heterocycles. The lowest BCUT2D eigenvalue weighted by Crippen LogP contribution is -2.38. The number of carboxylic acid groups (broad SMARTS) is 1. The summed E-state index contributed by atoms with van der Waals surface area (Å²) in [6.45, 7) is 2.48. The Labute approximate surface area is 170 Å². The lowest BCUT2D eigenvalue weighted by atomic mass is 10.2. The molecule has 0 bridgehead atoms. The van der Waals surface area contributed by atoms with E-state index in [1.807, 2.05) is 17.5 Å². The molecule has 0 aromatic carbocycles. The maximum absolute atomic E-state index is 12.4. The molecule has 1 unspecified atom stereocenters. The van der Waals surface area contributed by atoms with Crippen molar-refractivity contribution < 1.29 is 19.5 Å². The van der Waals surface area contributed by atoms with Gasteiger partial charge in [-0.15, -0.1) is 22.7 Å². The third kappa shape index (κ3) is 5.77. The Morgan fingerprint density at radius 3 is 2.82 bits per heavy atom. The molecule has 0 aliphatic carbocycles. The van der Waals surface area contributed by atoms with Crippen LogP contribution in [0.25, 0.3) is 0 Å². The van der Waals surface area contributed by atoms with Crippen molar-refractivity contribution in [2.24, 2.45) is 0 Å². The first-order chi connectivity index (χ1) is 13.4. The average molecular weight is 423 g/mol. The van der Waals surface area contributed by atoms with Crippen molar-refractivity contribution in [2.75, 3.05) is 18.4 Å². The van der Waals surface area contributed by atoms with Gasteiger partial charge in [-0.05, 0) is 31.4 Å². The molecule has 1 saturated heterocycles. The number of nitrogens with one attached hydrogen (secondary N) is 2. The maximum atomic E-state index is 12.4. The van der Waals surface area contributed by atoms with Gasteiger partial charge in [0.25, 0.3) is 0 Å². The number of nitrogens with zero attached hydrogens (tertiary/aromatic N) is 2. The number of aryl methyl sites for hydroxylation is 2. The largest absolute Gasteiger partial charge is 0.465 e. The third-order valence-electron chi connectivity index (χ3n) is 4.37. The zero-order valence-corrected chi connectivity index (χ0v) is 17.1. The van der Waals surface area contributed by atoms with Crippen LogP contribution in [0.15, 0.2) is 17.5 Å². The average Bonchev–Trinajstić information content (AvgIpc) is 3.33. The number of anilines is 1. The zero-order valence-electron chi connectivity index (χ0n) is 15.4. The number of carbonyl (C=O) groups excluding carboxylic acids is 2. The van der Waals surface area contributed by atoms with Gasteiger partial charge in [0, 0.05) is 35.1 Å². The van der Waals surface area contributed by atoms with Crippen LogP contribution < -0.4 is 10.6 Å². The number of thiophene rings is 1. The molecule has 1 atom stereocenters. The van der Waals surface area contributed by atoms with Crippen molar-refractivity contribution in [3.63, 3.8) is 0 Å². The van der Waals surface area contributed by atoms with Crippen LogP contribution in [0.3, 0.4) is 0 Å². The van der Waals surface area contributed by atoms with E-state index in [0.29, 0.717) is 31.1 Å². The van der Waals surface area contributed by atoms with Crippen LogP contribution in [0.5, 0.6) is 0 Å². The first-order valence-corrected chi connectivity index (χ1v) is 10.7. The minimum atomic E-state index is -1.05. The number of carbonyl (C=O) groups is 3. The second-order valence-corrected chi connectivity index (χ2v) is 8.76. The first-order valence-electron chi connectivity index (χ1n) is 8.96. The molecule has 28 heavy (non-hydrogen) atoms. The van der Waals surface area contributed by atoms with Gasteiger partial charge in [-0.3, -0.25) is 9.59 Å². The molecule has 1 fully saturated rings. The van der Waals surface area contributed by atoms with E-state index < -0.39 is 6.09 Å². The standard InChI is InChI=1S/C18H22N4O4S2/c1-11(23)19-17-20-13(10-27-17)2-3-14-4-5-15(28-14)8-16(24)22-7-6-12(9-22)21-18(25)26/h4-5,10,12,21H,2-3,6-9H2,1H3,(H,25,26)(H,19,20,23). The molecule has 10 heteroatoms. The van der Waals surface area contributed by atoms with Crippen molar-refractivity contribution in [2.45, 2.75) is 38.6 Å². The number of likely N-dealkylation sites (tertiary alicyclic amines) is 1. The van der Waals surface area contributed by atoms with Gasteiger partial charge in [0.2, 0.25) is 11.8 Å². The summed E-state index contributed by atoms with van der Waals surface area (Å²) in [7, 11) is 0. The van der Waals surface area contributed by atoms with Gasteiger partial charge in [0.15, 0.2) is 5.13 Å². The van der Waals surface area contributed by atoms with Crippen LogP contribution in [0.1, 0.15) is 28.8 Å². The molecule has 1 aliphatic heterocycles. The van der Waals surface area contributed by atoms with Crippen LogP contribution in [0.4, 0.5) is 9.93 Å². The minimum absolute atomic E-state index is 0.0301. The SMILES string of the molecule is CC(=O)Nc1nc(CCc2ccc(CC(=O)N3CCC(NC(=O)O)C3)s2)cs1. The fourth-order valence-corrected chi connectivity index (χ4v) is 4.87. The van der Waals surface area contributed by atoms with E-state index in [4.69, 9.17) is 5.11 Å². The highest BCUT2D eigenvalue weighted by Gasteiger charge is 2.27. The maximum Gasteiger partial charge on any atom is 0.404 e. The Bertz CT molecular complexity index is 863. The summed E-state index contributed by atoms with van der Waals surface area (Å²) in [4.78, 5) is 42.5. The van der Waals surface area contributed by atoms with E-state index in [0.717, 1.165) is 23.4 Å². The highest BCUT2D eigenvalue weighted by molar-refractivity contribution is 7.14. The molecule has 2 aromatic heterocycles. The number of hydrogen-bond donors (Lipinski definition) is 3. The van der Waals surface area contributed by atoms with Crippen LogP contribution in [0.2, 0.25) is 0 Å². The van der Waals surface area contributed by atoms with Gasteiger partial charge < -0.3 is 20.6 Å². The molecule has 0 saturated carbocycles. The lowest BCUT2D eigenvalue weighted by Gasteiger charge is -2.16. The molecule has 1 aliphatic rings. The molecular weight excluding hydrogens is 400 g/mol. The number of rotatable bonds is 7. The normalized spacial score (nSPS) is 16.2. The van der Waals surface area contributed by atoms with Crippen molar-refractivity contribution in [1.82, 2.24) is 15.2 Å². The number of amides is 3.